The number of ether oxygens (including phenoxy) is 1. The van der Waals surface area contributed by atoms with Crippen molar-refractivity contribution >= 4 is 5.78 Å². The quantitative estimate of drug-likeness (QED) is 0.613. The zero-order valence-electron chi connectivity index (χ0n) is 8.72. The van der Waals surface area contributed by atoms with Crippen LogP contribution in [-0.4, -0.2) is 18.0 Å². The molecule has 0 N–H and O–H groups in total. The third-order valence-electron chi connectivity index (χ3n) is 2.63. The normalized spacial score (nSPS) is 32.1. The Morgan fingerprint density at radius 3 is 2.92 bits per heavy atom. The molecule has 1 atom stereocenters. The minimum absolute atomic E-state index is 0.0421. The van der Waals surface area contributed by atoms with E-state index >= 15 is 0 Å². The molecule has 13 heavy (non-hydrogen) atoms. The Bertz CT molecular complexity index is 230. The average Bonchev–Trinajstić information content (AvgIpc) is 2.03. The third-order valence-corrected chi connectivity index (χ3v) is 2.63. The van der Waals surface area contributed by atoms with Crippen LogP contribution in [0.2, 0.25) is 0 Å². The van der Waals surface area contributed by atoms with Crippen LogP contribution < -0.4 is 0 Å². The van der Waals surface area contributed by atoms with Crippen molar-refractivity contribution in [2.75, 3.05) is 6.61 Å². The minimum atomic E-state index is -0.0421. The van der Waals surface area contributed by atoms with Crippen LogP contribution in [0.15, 0.2) is 11.6 Å². The van der Waals surface area contributed by atoms with Crippen LogP contribution in [0.25, 0.3) is 0 Å². The van der Waals surface area contributed by atoms with Crippen LogP contribution >= 0.6 is 0 Å². The van der Waals surface area contributed by atoms with E-state index in [4.69, 9.17) is 4.74 Å². The molecule has 0 aromatic carbocycles. The summed E-state index contributed by atoms with van der Waals surface area (Å²) >= 11 is 0. The second kappa shape index (κ2) is 4.05. The van der Waals surface area contributed by atoms with Gasteiger partial charge in [0.1, 0.15) is 0 Å². The predicted octanol–water partition coefficient (Wildman–Crippen LogP) is 2.48. The predicted molar refractivity (Wildman–Crippen MR) is 52.6 cm³/mol. The molecule has 2 heteroatoms. The molecular formula is C11H18O2. The average molecular weight is 182 g/mol. The van der Waals surface area contributed by atoms with E-state index in [0.29, 0.717) is 0 Å². The van der Waals surface area contributed by atoms with Gasteiger partial charge in [0, 0.05) is 0 Å². The second-order valence-corrected chi connectivity index (χ2v) is 3.99. The van der Waals surface area contributed by atoms with Crippen LogP contribution in [0.3, 0.4) is 0 Å². The molecule has 1 heterocycles. The second-order valence-electron chi connectivity index (χ2n) is 3.99. The lowest BCUT2D eigenvalue weighted by molar-refractivity contribution is -0.112. The maximum Gasteiger partial charge on any atom is 0.152 e. The van der Waals surface area contributed by atoms with Crippen molar-refractivity contribution in [3.05, 3.63) is 11.6 Å². The van der Waals surface area contributed by atoms with Crippen molar-refractivity contribution in [2.24, 2.45) is 0 Å². The molecule has 1 unspecified atom stereocenters. The number of carbonyl (C=O) groups is 1. The summed E-state index contributed by atoms with van der Waals surface area (Å²) in [7, 11) is 0. The van der Waals surface area contributed by atoms with Gasteiger partial charge in [-0.25, -0.2) is 0 Å². The van der Waals surface area contributed by atoms with Gasteiger partial charge in [0.05, 0.1) is 12.2 Å². The first-order valence-corrected chi connectivity index (χ1v) is 4.90. The third kappa shape index (κ3) is 2.96. The zero-order chi connectivity index (χ0) is 9.90. The fraction of sp³-hybridized carbons (Fsp3) is 0.727. The molecule has 0 aliphatic carbocycles. The van der Waals surface area contributed by atoms with Gasteiger partial charge in [-0.15, -0.1) is 0 Å². The molecule has 0 spiro atoms. The van der Waals surface area contributed by atoms with E-state index in [1.165, 1.54) is 5.57 Å². The van der Waals surface area contributed by atoms with Crippen LogP contribution in [0.4, 0.5) is 0 Å². The molecule has 1 rings (SSSR count). The Kier molecular flexibility index (Phi) is 3.26. The fourth-order valence-electron chi connectivity index (χ4n) is 1.69. The van der Waals surface area contributed by atoms with Gasteiger partial charge in [-0.3, -0.25) is 4.79 Å². The Morgan fingerprint density at radius 1 is 1.69 bits per heavy atom. The van der Waals surface area contributed by atoms with Crippen LogP contribution in [0.5, 0.6) is 0 Å². The lowest BCUT2D eigenvalue weighted by atomic mass is 9.89. The topological polar surface area (TPSA) is 26.3 Å². The van der Waals surface area contributed by atoms with Gasteiger partial charge in [-0.1, -0.05) is 12.5 Å². The summed E-state index contributed by atoms with van der Waals surface area (Å²) in [5, 5.41) is 0. The van der Waals surface area contributed by atoms with E-state index in [1.807, 2.05) is 0 Å². The Hall–Kier alpha value is -0.630. The summed E-state index contributed by atoms with van der Waals surface area (Å²) in [6.07, 6.45) is 4.58. The summed E-state index contributed by atoms with van der Waals surface area (Å²) in [4.78, 5) is 10.9. The monoisotopic (exact) mass is 182 g/mol. The van der Waals surface area contributed by atoms with E-state index in [2.05, 4.69) is 13.8 Å². The first kappa shape index (κ1) is 10.5. The standard InChI is InChI=1S/C11H18O2/c1-4-11(3)8-10(5-6-13-11)7-9(2)12/h7H,4-6,8H2,1-3H3. The summed E-state index contributed by atoms with van der Waals surface area (Å²) in [6.45, 7) is 6.59. The first-order valence-electron chi connectivity index (χ1n) is 4.90. The highest BCUT2D eigenvalue weighted by molar-refractivity contribution is 5.87. The Labute approximate surface area is 80.0 Å². The molecule has 1 saturated heterocycles. The molecule has 1 fully saturated rings. The van der Waals surface area contributed by atoms with Crippen molar-refractivity contribution in [3.8, 4) is 0 Å². The van der Waals surface area contributed by atoms with Crippen molar-refractivity contribution < 1.29 is 9.53 Å². The van der Waals surface area contributed by atoms with Crippen LogP contribution in [-0.2, 0) is 9.53 Å². The number of rotatable bonds is 2. The molecule has 1 aliphatic rings. The lowest BCUT2D eigenvalue weighted by Crippen LogP contribution is -2.33. The van der Waals surface area contributed by atoms with Crippen LogP contribution in [0.1, 0.15) is 40.0 Å². The number of allylic oxidation sites excluding steroid dienone is 1. The van der Waals surface area contributed by atoms with Gasteiger partial charge in [-0.2, -0.15) is 0 Å². The summed E-state index contributed by atoms with van der Waals surface area (Å²) < 4.78 is 5.67. The smallest absolute Gasteiger partial charge is 0.152 e. The maximum atomic E-state index is 10.9. The summed E-state index contributed by atoms with van der Waals surface area (Å²) in [5.74, 6) is 0.148. The largest absolute Gasteiger partial charge is 0.375 e. The molecule has 0 saturated carbocycles. The first-order chi connectivity index (χ1) is 6.06. The van der Waals surface area contributed by atoms with E-state index in [-0.39, 0.29) is 11.4 Å². The van der Waals surface area contributed by atoms with E-state index < -0.39 is 0 Å². The van der Waals surface area contributed by atoms with Gasteiger partial charge >= 0.3 is 0 Å². The van der Waals surface area contributed by atoms with Crippen molar-refractivity contribution in [1.29, 1.82) is 0 Å². The van der Waals surface area contributed by atoms with E-state index in [9.17, 15) is 4.79 Å². The minimum Gasteiger partial charge on any atom is -0.375 e. The van der Waals surface area contributed by atoms with Gasteiger partial charge in [-0.05, 0) is 39.2 Å². The Balaban J connectivity index is 2.66. The summed E-state index contributed by atoms with van der Waals surface area (Å²) in [6, 6.07) is 0. The molecule has 0 bridgehead atoms. The highest BCUT2D eigenvalue weighted by Gasteiger charge is 2.28. The highest BCUT2D eigenvalue weighted by Crippen LogP contribution is 2.30. The molecule has 1 aliphatic heterocycles. The highest BCUT2D eigenvalue weighted by atomic mass is 16.5. The fourth-order valence-corrected chi connectivity index (χ4v) is 1.69. The number of carbonyl (C=O) groups excluding carboxylic acids is 1. The molecule has 0 amide bonds. The van der Waals surface area contributed by atoms with E-state index in [0.717, 1.165) is 25.9 Å². The Morgan fingerprint density at radius 2 is 2.38 bits per heavy atom. The lowest BCUT2D eigenvalue weighted by Gasteiger charge is -2.34. The molecule has 0 aromatic rings. The van der Waals surface area contributed by atoms with Gasteiger partial charge in [0.25, 0.3) is 0 Å². The van der Waals surface area contributed by atoms with Gasteiger partial charge < -0.3 is 4.74 Å². The molecule has 0 radical (unpaired) electrons. The number of hydrogen-bond donors (Lipinski definition) is 0. The van der Waals surface area contributed by atoms with Crippen LogP contribution in [0, 0.1) is 0 Å². The molecular weight excluding hydrogens is 164 g/mol. The SMILES string of the molecule is CCC1(C)CC(=CC(C)=O)CCO1. The van der Waals surface area contributed by atoms with Crippen molar-refractivity contribution in [1.82, 2.24) is 0 Å². The summed E-state index contributed by atoms with van der Waals surface area (Å²) in [5.41, 5.74) is 1.20. The molecule has 74 valence electrons. The molecule has 0 aromatic heterocycles. The van der Waals surface area contributed by atoms with Crippen molar-refractivity contribution in [2.45, 2.75) is 45.6 Å². The zero-order valence-corrected chi connectivity index (χ0v) is 8.72. The molecule has 2 nitrogen and oxygen atoms in total. The number of hydrogen-bond acceptors (Lipinski definition) is 2. The maximum absolute atomic E-state index is 10.9. The van der Waals surface area contributed by atoms with Gasteiger partial charge in [0.15, 0.2) is 5.78 Å². The van der Waals surface area contributed by atoms with Crippen molar-refractivity contribution in [3.63, 3.8) is 0 Å². The van der Waals surface area contributed by atoms with Gasteiger partial charge in [0.2, 0.25) is 0 Å². The number of ketones is 1. The van der Waals surface area contributed by atoms with E-state index in [1.54, 1.807) is 13.0 Å².